The Morgan fingerprint density at radius 1 is 1.40 bits per heavy atom. The Balaban J connectivity index is 2.19. The molecular weight excluding hydrogens is 254 g/mol. The number of carboxylic acids is 1. The highest BCUT2D eigenvalue weighted by Crippen LogP contribution is 2.43. The van der Waals surface area contributed by atoms with Gasteiger partial charge in [-0.25, -0.2) is 4.79 Å². The van der Waals surface area contributed by atoms with E-state index in [0.717, 1.165) is 22.4 Å². The number of rotatable bonds is 3. The van der Waals surface area contributed by atoms with E-state index in [4.69, 9.17) is 9.84 Å². The maximum Gasteiger partial charge on any atom is 0.335 e. The number of aromatic carboxylic acids is 1. The molecule has 20 heavy (non-hydrogen) atoms. The smallest absolute Gasteiger partial charge is 0.335 e. The van der Waals surface area contributed by atoms with Gasteiger partial charge in [0.15, 0.2) is 0 Å². The SMILES string of the molecule is C=CCC1Oc2cnccc2-c2ccc(C(=O)O)cc21. The second kappa shape index (κ2) is 4.81. The van der Waals surface area contributed by atoms with Crippen LogP contribution in [-0.4, -0.2) is 16.1 Å². The van der Waals surface area contributed by atoms with Crippen molar-refractivity contribution in [3.05, 3.63) is 60.4 Å². The van der Waals surface area contributed by atoms with Crippen molar-refractivity contribution in [3.8, 4) is 16.9 Å². The van der Waals surface area contributed by atoms with Crippen molar-refractivity contribution in [2.75, 3.05) is 0 Å². The fourth-order valence-corrected chi connectivity index (χ4v) is 2.45. The number of hydrogen-bond acceptors (Lipinski definition) is 3. The van der Waals surface area contributed by atoms with Crippen LogP contribution in [0.2, 0.25) is 0 Å². The van der Waals surface area contributed by atoms with E-state index in [1.807, 2.05) is 12.1 Å². The van der Waals surface area contributed by atoms with Crippen LogP contribution < -0.4 is 4.74 Å². The molecule has 0 fully saturated rings. The number of fused-ring (bicyclic) bond motifs is 3. The van der Waals surface area contributed by atoms with E-state index in [0.29, 0.717) is 6.42 Å². The molecule has 4 nitrogen and oxygen atoms in total. The zero-order valence-corrected chi connectivity index (χ0v) is 10.7. The third-order valence-corrected chi connectivity index (χ3v) is 3.37. The highest BCUT2D eigenvalue weighted by molar-refractivity contribution is 5.89. The van der Waals surface area contributed by atoms with Crippen LogP contribution >= 0.6 is 0 Å². The van der Waals surface area contributed by atoms with Crippen LogP contribution in [0.5, 0.6) is 5.75 Å². The molecule has 1 N–H and O–H groups in total. The Morgan fingerprint density at radius 3 is 3.00 bits per heavy atom. The maximum absolute atomic E-state index is 11.1. The van der Waals surface area contributed by atoms with Crippen molar-refractivity contribution in [1.29, 1.82) is 0 Å². The largest absolute Gasteiger partial charge is 0.483 e. The van der Waals surface area contributed by atoms with Crippen LogP contribution in [0, 0.1) is 0 Å². The van der Waals surface area contributed by atoms with E-state index >= 15 is 0 Å². The molecule has 1 aliphatic rings. The van der Waals surface area contributed by atoms with Crippen molar-refractivity contribution < 1.29 is 14.6 Å². The molecule has 2 aromatic rings. The molecule has 1 aromatic heterocycles. The van der Waals surface area contributed by atoms with Crippen LogP contribution in [-0.2, 0) is 0 Å². The first-order valence-electron chi connectivity index (χ1n) is 6.30. The highest BCUT2D eigenvalue weighted by atomic mass is 16.5. The molecule has 0 saturated heterocycles. The summed E-state index contributed by atoms with van der Waals surface area (Å²) in [5.74, 6) is -0.222. The Morgan fingerprint density at radius 2 is 2.25 bits per heavy atom. The van der Waals surface area contributed by atoms with E-state index in [1.54, 1.807) is 30.6 Å². The van der Waals surface area contributed by atoms with Gasteiger partial charge >= 0.3 is 5.97 Å². The molecule has 2 heterocycles. The first-order valence-corrected chi connectivity index (χ1v) is 6.30. The summed E-state index contributed by atoms with van der Waals surface area (Å²) in [5.41, 5.74) is 3.07. The summed E-state index contributed by atoms with van der Waals surface area (Å²) in [5, 5.41) is 9.13. The van der Waals surface area contributed by atoms with Gasteiger partial charge in [-0.15, -0.1) is 6.58 Å². The Kier molecular flexibility index (Phi) is 2.99. The lowest BCUT2D eigenvalue weighted by molar-refractivity contribution is 0.0696. The fourth-order valence-electron chi connectivity index (χ4n) is 2.45. The average molecular weight is 267 g/mol. The molecule has 1 aliphatic heterocycles. The molecule has 100 valence electrons. The summed E-state index contributed by atoms with van der Waals surface area (Å²) in [4.78, 5) is 15.2. The van der Waals surface area contributed by atoms with Crippen molar-refractivity contribution >= 4 is 5.97 Å². The quantitative estimate of drug-likeness (QED) is 0.865. The monoisotopic (exact) mass is 267 g/mol. The molecule has 0 aliphatic carbocycles. The fraction of sp³-hybridized carbons (Fsp3) is 0.125. The number of ether oxygens (including phenoxy) is 1. The summed E-state index contributed by atoms with van der Waals surface area (Å²) < 4.78 is 5.91. The van der Waals surface area contributed by atoms with Crippen LogP contribution in [0.1, 0.15) is 28.4 Å². The number of benzene rings is 1. The van der Waals surface area contributed by atoms with Gasteiger partial charge in [-0.2, -0.15) is 0 Å². The molecule has 1 atom stereocenters. The summed E-state index contributed by atoms with van der Waals surface area (Å²) in [6.07, 6.45) is 5.54. The van der Waals surface area contributed by atoms with Gasteiger partial charge in [-0.1, -0.05) is 12.1 Å². The molecule has 4 heteroatoms. The third-order valence-electron chi connectivity index (χ3n) is 3.37. The topological polar surface area (TPSA) is 59.4 Å². The predicted molar refractivity (Wildman–Crippen MR) is 74.8 cm³/mol. The van der Waals surface area contributed by atoms with Crippen molar-refractivity contribution in [3.63, 3.8) is 0 Å². The van der Waals surface area contributed by atoms with Gasteiger partial charge in [0.1, 0.15) is 11.9 Å². The summed E-state index contributed by atoms with van der Waals surface area (Å²) >= 11 is 0. The normalized spacial score (nSPS) is 15.7. The zero-order chi connectivity index (χ0) is 14.1. The van der Waals surface area contributed by atoms with Crippen molar-refractivity contribution in [2.24, 2.45) is 0 Å². The number of aromatic nitrogens is 1. The maximum atomic E-state index is 11.1. The molecule has 0 amide bonds. The lowest BCUT2D eigenvalue weighted by Gasteiger charge is -2.28. The van der Waals surface area contributed by atoms with Gasteiger partial charge in [0, 0.05) is 23.7 Å². The van der Waals surface area contributed by atoms with Gasteiger partial charge in [-0.3, -0.25) is 4.98 Å². The van der Waals surface area contributed by atoms with E-state index < -0.39 is 5.97 Å². The molecule has 1 aromatic carbocycles. The van der Waals surface area contributed by atoms with E-state index in [9.17, 15) is 4.79 Å². The first kappa shape index (κ1) is 12.4. The number of carboxylic acid groups (broad SMARTS) is 1. The molecule has 0 saturated carbocycles. The Bertz CT molecular complexity index is 694. The number of pyridine rings is 1. The van der Waals surface area contributed by atoms with Crippen molar-refractivity contribution in [2.45, 2.75) is 12.5 Å². The zero-order valence-electron chi connectivity index (χ0n) is 10.7. The number of hydrogen-bond donors (Lipinski definition) is 1. The molecule has 3 rings (SSSR count). The molecular formula is C16H13NO3. The van der Waals surface area contributed by atoms with Gasteiger partial charge in [0.05, 0.1) is 11.8 Å². The molecule has 0 spiro atoms. The average Bonchev–Trinajstić information content (AvgIpc) is 2.47. The molecule has 0 radical (unpaired) electrons. The van der Waals surface area contributed by atoms with Gasteiger partial charge < -0.3 is 9.84 Å². The number of carbonyl (C=O) groups is 1. The summed E-state index contributed by atoms with van der Waals surface area (Å²) in [6.45, 7) is 3.73. The van der Waals surface area contributed by atoms with E-state index in [2.05, 4.69) is 11.6 Å². The lowest BCUT2D eigenvalue weighted by atomic mass is 9.90. The van der Waals surface area contributed by atoms with Crippen LogP contribution in [0.15, 0.2) is 49.3 Å². The van der Waals surface area contributed by atoms with Gasteiger partial charge in [0.25, 0.3) is 0 Å². The second-order valence-corrected chi connectivity index (χ2v) is 4.61. The van der Waals surface area contributed by atoms with Crippen molar-refractivity contribution in [1.82, 2.24) is 4.98 Å². The van der Waals surface area contributed by atoms with E-state index in [1.165, 1.54) is 0 Å². The lowest BCUT2D eigenvalue weighted by Crippen LogP contribution is -2.14. The standard InChI is InChI=1S/C16H13NO3/c1-2-3-14-13-8-10(16(18)19)4-5-11(13)12-6-7-17-9-15(12)20-14/h2,4-9,14H,1,3H2,(H,18,19). The van der Waals surface area contributed by atoms with Crippen LogP contribution in [0.25, 0.3) is 11.1 Å². The first-order chi connectivity index (χ1) is 9.70. The summed E-state index contributed by atoms with van der Waals surface area (Å²) in [6, 6.07) is 6.99. The molecule has 1 unspecified atom stereocenters. The van der Waals surface area contributed by atoms with Crippen LogP contribution in [0.3, 0.4) is 0 Å². The third kappa shape index (κ3) is 1.95. The van der Waals surface area contributed by atoms with E-state index in [-0.39, 0.29) is 11.7 Å². The summed E-state index contributed by atoms with van der Waals surface area (Å²) in [7, 11) is 0. The minimum atomic E-state index is -0.939. The second-order valence-electron chi connectivity index (χ2n) is 4.61. The predicted octanol–water partition coefficient (Wildman–Crippen LogP) is 3.46. The molecule has 0 bridgehead atoms. The van der Waals surface area contributed by atoms with Crippen LogP contribution in [0.4, 0.5) is 0 Å². The van der Waals surface area contributed by atoms with Gasteiger partial charge in [-0.05, 0) is 23.8 Å². The Labute approximate surface area is 116 Å². The minimum absolute atomic E-state index is 0.224. The Hall–Kier alpha value is -2.62. The minimum Gasteiger partial charge on any atom is -0.483 e. The number of nitrogens with zero attached hydrogens (tertiary/aromatic N) is 1. The highest BCUT2D eigenvalue weighted by Gasteiger charge is 2.26. The van der Waals surface area contributed by atoms with Gasteiger partial charge in [0.2, 0.25) is 0 Å².